The number of aryl methyl sites for hydroxylation is 2. The molecular weight excluding hydrogens is 256 g/mol. The van der Waals surface area contributed by atoms with Crippen molar-refractivity contribution in [2.45, 2.75) is 33.4 Å². The van der Waals surface area contributed by atoms with E-state index in [4.69, 9.17) is 4.74 Å². The summed E-state index contributed by atoms with van der Waals surface area (Å²) in [5.41, 5.74) is 2.36. The first-order valence-corrected chi connectivity index (χ1v) is 7.24. The number of hydrogen-bond donors (Lipinski definition) is 1. The molecule has 1 atom stereocenters. The first kappa shape index (κ1) is 14.0. The maximum absolute atomic E-state index is 5.76. The standard InChI is InChI=1S/C15H20N2OS/c1-10-12(3)19-15(17-10)9-18-14-7-5-13(6-8-14)11(2)16-4/h5-8,11,16H,9H2,1-4H3. The zero-order valence-electron chi connectivity index (χ0n) is 11.9. The van der Waals surface area contributed by atoms with Crippen LogP contribution in [0.3, 0.4) is 0 Å². The summed E-state index contributed by atoms with van der Waals surface area (Å²) in [7, 11) is 1.96. The van der Waals surface area contributed by atoms with E-state index in [1.165, 1.54) is 10.4 Å². The van der Waals surface area contributed by atoms with Gasteiger partial charge in [-0.15, -0.1) is 11.3 Å². The molecule has 2 aromatic rings. The number of hydrogen-bond acceptors (Lipinski definition) is 4. The fourth-order valence-electron chi connectivity index (χ4n) is 1.77. The van der Waals surface area contributed by atoms with Gasteiger partial charge in [-0.05, 0) is 45.5 Å². The van der Waals surface area contributed by atoms with Crippen LogP contribution in [-0.2, 0) is 6.61 Å². The van der Waals surface area contributed by atoms with Crippen molar-refractivity contribution < 1.29 is 4.74 Å². The molecule has 0 aliphatic rings. The van der Waals surface area contributed by atoms with Gasteiger partial charge in [-0.1, -0.05) is 12.1 Å². The molecule has 0 aliphatic carbocycles. The fourth-order valence-corrected chi connectivity index (χ4v) is 2.61. The molecular formula is C15H20N2OS. The molecule has 4 heteroatoms. The Labute approximate surface area is 118 Å². The van der Waals surface area contributed by atoms with Crippen LogP contribution >= 0.6 is 11.3 Å². The smallest absolute Gasteiger partial charge is 0.140 e. The topological polar surface area (TPSA) is 34.1 Å². The average Bonchev–Trinajstić information content (AvgIpc) is 2.75. The van der Waals surface area contributed by atoms with Gasteiger partial charge in [0.05, 0.1) is 5.69 Å². The lowest BCUT2D eigenvalue weighted by Gasteiger charge is -2.11. The van der Waals surface area contributed by atoms with E-state index < -0.39 is 0 Å². The Hall–Kier alpha value is -1.39. The monoisotopic (exact) mass is 276 g/mol. The zero-order chi connectivity index (χ0) is 13.8. The average molecular weight is 276 g/mol. The van der Waals surface area contributed by atoms with Crippen molar-refractivity contribution in [1.82, 2.24) is 10.3 Å². The summed E-state index contributed by atoms with van der Waals surface area (Å²) in [6.45, 7) is 6.80. The molecule has 1 aromatic carbocycles. The van der Waals surface area contributed by atoms with Gasteiger partial charge in [0.1, 0.15) is 17.4 Å². The zero-order valence-corrected chi connectivity index (χ0v) is 12.7. The molecule has 3 nitrogen and oxygen atoms in total. The molecule has 0 bridgehead atoms. The SMILES string of the molecule is CNC(C)c1ccc(OCc2nc(C)c(C)s2)cc1. The third kappa shape index (κ3) is 3.55. The van der Waals surface area contributed by atoms with E-state index in [-0.39, 0.29) is 0 Å². The van der Waals surface area contributed by atoms with Gasteiger partial charge in [-0.3, -0.25) is 0 Å². The molecule has 1 unspecified atom stereocenters. The molecule has 0 fully saturated rings. The Morgan fingerprint density at radius 3 is 2.47 bits per heavy atom. The molecule has 0 saturated carbocycles. The number of benzene rings is 1. The van der Waals surface area contributed by atoms with Crippen molar-refractivity contribution in [3.05, 3.63) is 45.4 Å². The second-order valence-corrected chi connectivity index (χ2v) is 5.91. The summed E-state index contributed by atoms with van der Waals surface area (Å²) in [4.78, 5) is 5.73. The Kier molecular flexibility index (Phi) is 4.56. The van der Waals surface area contributed by atoms with Crippen LogP contribution in [0.4, 0.5) is 0 Å². The highest BCUT2D eigenvalue weighted by atomic mass is 32.1. The highest BCUT2D eigenvalue weighted by molar-refractivity contribution is 7.11. The minimum absolute atomic E-state index is 0.360. The molecule has 0 amide bonds. The number of nitrogens with zero attached hydrogens (tertiary/aromatic N) is 1. The quantitative estimate of drug-likeness (QED) is 0.905. The van der Waals surface area contributed by atoms with Crippen LogP contribution in [0.5, 0.6) is 5.75 Å². The van der Waals surface area contributed by atoms with Crippen molar-refractivity contribution in [3.8, 4) is 5.75 Å². The predicted molar refractivity (Wildman–Crippen MR) is 79.8 cm³/mol. The van der Waals surface area contributed by atoms with Crippen LogP contribution in [0.25, 0.3) is 0 Å². The Bertz CT molecular complexity index is 514. The Morgan fingerprint density at radius 2 is 1.95 bits per heavy atom. The van der Waals surface area contributed by atoms with Gasteiger partial charge >= 0.3 is 0 Å². The van der Waals surface area contributed by atoms with E-state index in [1.807, 2.05) is 26.1 Å². The maximum Gasteiger partial charge on any atom is 0.140 e. The van der Waals surface area contributed by atoms with Gasteiger partial charge in [0, 0.05) is 10.9 Å². The summed E-state index contributed by atoms with van der Waals surface area (Å²) in [6, 6.07) is 8.56. The lowest BCUT2D eigenvalue weighted by Crippen LogP contribution is -2.11. The highest BCUT2D eigenvalue weighted by Gasteiger charge is 2.05. The second-order valence-electron chi connectivity index (χ2n) is 4.62. The predicted octanol–water partition coefficient (Wildman–Crippen LogP) is 3.62. The van der Waals surface area contributed by atoms with E-state index in [2.05, 4.69) is 36.3 Å². The number of nitrogens with one attached hydrogen (secondary N) is 1. The molecule has 2 rings (SSSR count). The van der Waals surface area contributed by atoms with Gasteiger partial charge < -0.3 is 10.1 Å². The lowest BCUT2D eigenvalue weighted by atomic mass is 10.1. The molecule has 1 aromatic heterocycles. The third-order valence-corrected chi connectivity index (χ3v) is 4.29. The van der Waals surface area contributed by atoms with E-state index in [0.29, 0.717) is 12.6 Å². The number of thiazole rings is 1. The number of aromatic nitrogens is 1. The molecule has 0 saturated heterocycles. The van der Waals surface area contributed by atoms with Crippen molar-refractivity contribution in [1.29, 1.82) is 0 Å². The minimum Gasteiger partial charge on any atom is -0.486 e. The summed E-state index contributed by atoms with van der Waals surface area (Å²) < 4.78 is 5.76. The highest BCUT2D eigenvalue weighted by Crippen LogP contribution is 2.21. The van der Waals surface area contributed by atoms with Gasteiger partial charge in [0.2, 0.25) is 0 Å². The van der Waals surface area contributed by atoms with Crippen LogP contribution in [0.2, 0.25) is 0 Å². The van der Waals surface area contributed by atoms with Crippen LogP contribution in [0.1, 0.15) is 34.1 Å². The lowest BCUT2D eigenvalue weighted by molar-refractivity contribution is 0.305. The van der Waals surface area contributed by atoms with E-state index >= 15 is 0 Å². The molecule has 19 heavy (non-hydrogen) atoms. The van der Waals surface area contributed by atoms with Gasteiger partial charge in [0.15, 0.2) is 0 Å². The molecule has 0 spiro atoms. The number of rotatable bonds is 5. The van der Waals surface area contributed by atoms with Gasteiger partial charge in [0.25, 0.3) is 0 Å². The molecule has 0 radical (unpaired) electrons. The Balaban J connectivity index is 1.96. The third-order valence-electron chi connectivity index (χ3n) is 3.25. The normalized spacial score (nSPS) is 12.4. The van der Waals surface area contributed by atoms with Crippen LogP contribution in [0.15, 0.2) is 24.3 Å². The van der Waals surface area contributed by atoms with E-state index in [9.17, 15) is 0 Å². The van der Waals surface area contributed by atoms with E-state index in [0.717, 1.165) is 16.5 Å². The first-order chi connectivity index (χ1) is 9.10. The first-order valence-electron chi connectivity index (χ1n) is 6.43. The van der Waals surface area contributed by atoms with Crippen LogP contribution < -0.4 is 10.1 Å². The van der Waals surface area contributed by atoms with Gasteiger partial charge in [-0.25, -0.2) is 4.98 Å². The van der Waals surface area contributed by atoms with Gasteiger partial charge in [-0.2, -0.15) is 0 Å². The van der Waals surface area contributed by atoms with Crippen LogP contribution in [0, 0.1) is 13.8 Å². The summed E-state index contributed by atoms with van der Waals surface area (Å²) in [5.74, 6) is 0.887. The Morgan fingerprint density at radius 1 is 1.26 bits per heavy atom. The molecule has 1 N–H and O–H groups in total. The summed E-state index contributed by atoms with van der Waals surface area (Å²) in [6.07, 6.45) is 0. The summed E-state index contributed by atoms with van der Waals surface area (Å²) >= 11 is 1.70. The number of ether oxygens (including phenoxy) is 1. The van der Waals surface area contributed by atoms with E-state index in [1.54, 1.807) is 11.3 Å². The molecule has 102 valence electrons. The maximum atomic E-state index is 5.76. The molecule has 1 heterocycles. The van der Waals surface area contributed by atoms with Crippen molar-refractivity contribution in [2.24, 2.45) is 0 Å². The van der Waals surface area contributed by atoms with Crippen LogP contribution in [-0.4, -0.2) is 12.0 Å². The molecule has 0 aliphatic heterocycles. The van der Waals surface area contributed by atoms with Crippen molar-refractivity contribution in [3.63, 3.8) is 0 Å². The van der Waals surface area contributed by atoms with Crippen molar-refractivity contribution in [2.75, 3.05) is 7.05 Å². The fraction of sp³-hybridized carbons (Fsp3) is 0.400. The minimum atomic E-state index is 0.360. The second kappa shape index (κ2) is 6.17. The van der Waals surface area contributed by atoms with Crippen molar-refractivity contribution >= 4 is 11.3 Å². The summed E-state index contributed by atoms with van der Waals surface area (Å²) in [5, 5.41) is 4.25. The largest absolute Gasteiger partial charge is 0.486 e.